The van der Waals surface area contributed by atoms with Crippen LogP contribution in [-0.2, 0) is 21.2 Å². The zero-order valence-corrected chi connectivity index (χ0v) is 15.9. The minimum Gasteiger partial charge on any atom is -0.373 e. The molecule has 1 aromatic rings. The molecule has 1 fully saturated rings. The summed E-state index contributed by atoms with van der Waals surface area (Å²) < 4.78 is 31.9. The van der Waals surface area contributed by atoms with Gasteiger partial charge in [-0.2, -0.15) is 4.31 Å². The number of nitrogens with one attached hydrogen (secondary N) is 1. The number of nitrogens with zero attached hydrogens (tertiary/aromatic N) is 2. The fourth-order valence-electron chi connectivity index (χ4n) is 2.82. The molecule has 0 aliphatic carbocycles. The molecule has 1 aliphatic heterocycles. The van der Waals surface area contributed by atoms with E-state index in [1.165, 1.54) is 9.87 Å². The van der Waals surface area contributed by atoms with Crippen molar-refractivity contribution in [1.82, 2.24) is 4.31 Å². The van der Waals surface area contributed by atoms with Gasteiger partial charge in [0.05, 0.1) is 24.5 Å². The van der Waals surface area contributed by atoms with E-state index < -0.39 is 10.0 Å². The average Bonchev–Trinajstić information content (AvgIpc) is 2.54. The normalized spacial score (nSPS) is 22.8. The van der Waals surface area contributed by atoms with Crippen molar-refractivity contribution >= 4 is 21.7 Å². The number of morpholine rings is 1. The standard InChI is InChI=1S/C17H28N4O3S/c1-4-15-6-5-7-16(10-15)20-17(18)19-8-9-25(22,23)21-11-13(2)24-14(3)12-21/h5-7,10,13-14H,4,8-9,11-12H2,1-3H3,(H3,18,19,20). The molecule has 0 radical (unpaired) electrons. The van der Waals surface area contributed by atoms with Gasteiger partial charge < -0.3 is 15.8 Å². The predicted molar refractivity (Wildman–Crippen MR) is 101 cm³/mol. The lowest BCUT2D eigenvalue weighted by molar-refractivity contribution is -0.0440. The van der Waals surface area contributed by atoms with Gasteiger partial charge in [0.1, 0.15) is 0 Å². The van der Waals surface area contributed by atoms with E-state index >= 15 is 0 Å². The summed E-state index contributed by atoms with van der Waals surface area (Å²) in [6.45, 7) is 6.72. The number of guanidine groups is 1. The molecule has 1 heterocycles. The number of benzene rings is 1. The molecule has 8 heteroatoms. The number of ether oxygens (including phenoxy) is 1. The van der Waals surface area contributed by atoms with Gasteiger partial charge in [0.25, 0.3) is 0 Å². The smallest absolute Gasteiger partial charge is 0.216 e. The molecule has 1 aromatic carbocycles. The highest BCUT2D eigenvalue weighted by atomic mass is 32.2. The minimum absolute atomic E-state index is 0.0657. The van der Waals surface area contributed by atoms with Crippen molar-refractivity contribution in [1.29, 1.82) is 0 Å². The first-order valence-electron chi connectivity index (χ1n) is 8.59. The largest absolute Gasteiger partial charge is 0.373 e. The van der Waals surface area contributed by atoms with E-state index in [1.807, 2.05) is 38.1 Å². The number of anilines is 1. The van der Waals surface area contributed by atoms with Crippen LogP contribution in [0.1, 0.15) is 26.3 Å². The highest BCUT2D eigenvalue weighted by Crippen LogP contribution is 2.15. The van der Waals surface area contributed by atoms with Crippen LogP contribution in [-0.4, -0.2) is 56.3 Å². The van der Waals surface area contributed by atoms with Crippen molar-refractivity contribution in [2.24, 2.45) is 10.7 Å². The highest BCUT2D eigenvalue weighted by Gasteiger charge is 2.30. The van der Waals surface area contributed by atoms with E-state index in [9.17, 15) is 8.42 Å². The maximum Gasteiger partial charge on any atom is 0.216 e. The molecule has 1 saturated heterocycles. The fourth-order valence-corrected chi connectivity index (χ4v) is 4.28. The Hall–Kier alpha value is -1.64. The number of hydrogen-bond acceptors (Lipinski definition) is 4. The van der Waals surface area contributed by atoms with Crippen molar-refractivity contribution in [3.8, 4) is 0 Å². The van der Waals surface area contributed by atoms with E-state index in [4.69, 9.17) is 10.5 Å². The SMILES string of the molecule is CCc1cccc(NC(N)=NCCS(=O)(=O)N2CC(C)OC(C)C2)c1. The quantitative estimate of drug-likeness (QED) is 0.585. The second kappa shape index (κ2) is 8.64. The third-order valence-electron chi connectivity index (χ3n) is 4.02. The first-order chi connectivity index (χ1) is 11.8. The van der Waals surface area contributed by atoms with E-state index in [2.05, 4.69) is 17.2 Å². The predicted octanol–water partition coefficient (Wildman–Crippen LogP) is 1.41. The van der Waals surface area contributed by atoms with Gasteiger partial charge in [0.15, 0.2) is 5.96 Å². The molecule has 0 bridgehead atoms. The lowest BCUT2D eigenvalue weighted by Gasteiger charge is -2.34. The number of nitrogens with two attached hydrogens (primary N) is 1. The summed E-state index contributed by atoms with van der Waals surface area (Å²) in [5, 5.41) is 3.00. The Bertz CT molecular complexity index is 696. The van der Waals surface area contributed by atoms with Crippen molar-refractivity contribution in [2.75, 3.05) is 30.7 Å². The number of rotatable bonds is 6. The summed E-state index contributed by atoms with van der Waals surface area (Å²) in [6.07, 6.45) is 0.737. The molecule has 2 rings (SSSR count). The van der Waals surface area contributed by atoms with E-state index in [0.717, 1.165) is 12.1 Å². The van der Waals surface area contributed by atoms with Crippen LogP contribution in [0.5, 0.6) is 0 Å². The molecule has 1 aliphatic rings. The Kier molecular flexibility index (Phi) is 6.80. The Morgan fingerprint density at radius 3 is 2.68 bits per heavy atom. The molecule has 3 N–H and O–H groups in total. The number of hydrogen-bond donors (Lipinski definition) is 2. The van der Waals surface area contributed by atoms with E-state index in [1.54, 1.807) is 0 Å². The molecule has 2 unspecified atom stereocenters. The van der Waals surface area contributed by atoms with Crippen LogP contribution in [0.15, 0.2) is 29.3 Å². The monoisotopic (exact) mass is 368 g/mol. The van der Waals surface area contributed by atoms with Crippen LogP contribution in [0.4, 0.5) is 5.69 Å². The lowest BCUT2D eigenvalue weighted by Crippen LogP contribution is -2.49. The summed E-state index contributed by atoms with van der Waals surface area (Å²) in [5.41, 5.74) is 7.90. The zero-order valence-electron chi connectivity index (χ0n) is 15.1. The molecule has 0 spiro atoms. The Morgan fingerprint density at radius 1 is 1.36 bits per heavy atom. The van der Waals surface area contributed by atoms with E-state index in [0.29, 0.717) is 13.1 Å². The lowest BCUT2D eigenvalue weighted by atomic mass is 10.1. The van der Waals surface area contributed by atoms with Crippen molar-refractivity contribution in [3.63, 3.8) is 0 Å². The van der Waals surface area contributed by atoms with Crippen LogP contribution in [0, 0.1) is 0 Å². The maximum absolute atomic E-state index is 12.4. The summed E-state index contributed by atoms with van der Waals surface area (Å²) in [7, 11) is -3.37. The summed E-state index contributed by atoms with van der Waals surface area (Å²) >= 11 is 0. The van der Waals surface area contributed by atoms with Gasteiger partial charge in [-0.25, -0.2) is 8.42 Å². The Labute approximate surface area is 150 Å². The Balaban J connectivity index is 1.90. The van der Waals surface area contributed by atoms with Gasteiger partial charge in [0, 0.05) is 18.8 Å². The number of sulfonamides is 1. The molecule has 7 nitrogen and oxygen atoms in total. The molecule has 0 aromatic heterocycles. The summed E-state index contributed by atoms with van der Waals surface area (Å²) in [4.78, 5) is 4.14. The van der Waals surface area contributed by atoms with Crippen LogP contribution in [0.2, 0.25) is 0 Å². The van der Waals surface area contributed by atoms with Crippen LogP contribution >= 0.6 is 0 Å². The second-order valence-electron chi connectivity index (χ2n) is 6.34. The van der Waals surface area contributed by atoms with Crippen molar-refractivity contribution < 1.29 is 13.2 Å². The van der Waals surface area contributed by atoms with E-state index in [-0.39, 0.29) is 30.5 Å². The second-order valence-corrected chi connectivity index (χ2v) is 8.42. The minimum atomic E-state index is -3.37. The van der Waals surface area contributed by atoms with Gasteiger partial charge in [-0.1, -0.05) is 19.1 Å². The molecule has 25 heavy (non-hydrogen) atoms. The van der Waals surface area contributed by atoms with Gasteiger partial charge in [-0.15, -0.1) is 0 Å². The molecule has 140 valence electrons. The molecular formula is C17H28N4O3S. The molecular weight excluding hydrogens is 340 g/mol. The fraction of sp³-hybridized carbons (Fsp3) is 0.588. The van der Waals surface area contributed by atoms with Crippen LogP contribution in [0.25, 0.3) is 0 Å². The van der Waals surface area contributed by atoms with Crippen molar-refractivity contribution in [2.45, 2.75) is 39.4 Å². The van der Waals surface area contributed by atoms with Crippen LogP contribution < -0.4 is 11.1 Å². The van der Waals surface area contributed by atoms with Crippen LogP contribution in [0.3, 0.4) is 0 Å². The maximum atomic E-state index is 12.4. The molecule has 0 saturated carbocycles. The first kappa shape index (κ1) is 19.7. The van der Waals surface area contributed by atoms with Gasteiger partial charge in [-0.05, 0) is 38.0 Å². The van der Waals surface area contributed by atoms with Crippen molar-refractivity contribution in [3.05, 3.63) is 29.8 Å². The average molecular weight is 369 g/mol. The third-order valence-corrected chi connectivity index (χ3v) is 5.80. The summed E-state index contributed by atoms with van der Waals surface area (Å²) in [5.74, 6) is 0.149. The van der Waals surface area contributed by atoms with Gasteiger partial charge >= 0.3 is 0 Å². The molecule has 0 amide bonds. The van der Waals surface area contributed by atoms with Gasteiger partial charge in [0.2, 0.25) is 10.0 Å². The molecule has 2 atom stereocenters. The van der Waals surface area contributed by atoms with Gasteiger partial charge in [-0.3, -0.25) is 4.99 Å². The third kappa shape index (κ3) is 5.98. The number of aryl methyl sites for hydroxylation is 1. The highest BCUT2D eigenvalue weighted by molar-refractivity contribution is 7.89. The first-order valence-corrected chi connectivity index (χ1v) is 10.2. The summed E-state index contributed by atoms with van der Waals surface area (Å²) in [6, 6.07) is 7.87. The number of aliphatic imine (C=N–C) groups is 1. The topological polar surface area (TPSA) is 97.0 Å². The zero-order chi connectivity index (χ0) is 18.4. The Morgan fingerprint density at radius 2 is 2.04 bits per heavy atom.